The van der Waals surface area contributed by atoms with Crippen LogP contribution in [0.3, 0.4) is 0 Å². The van der Waals surface area contributed by atoms with E-state index in [1.807, 2.05) is 0 Å². The SMILES string of the molecule is CC1(CNCC(N)C(=O)O)CCCCC1. The zero-order valence-electron chi connectivity index (χ0n) is 9.46. The van der Waals surface area contributed by atoms with E-state index in [0.29, 0.717) is 12.0 Å². The van der Waals surface area contributed by atoms with Crippen molar-refractivity contribution in [3.63, 3.8) is 0 Å². The van der Waals surface area contributed by atoms with Gasteiger partial charge in [0.15, 0.2) is 0 Å². The second-order valence-electron chi connectivity index (χ2n) is 4.95. The average Bonchev–Trinajstić information content (AvgIpc) is 2.18. The summed E-state index contributed by atoms with van der Waals surface area (Å²) in [4.78, 5) is 10.5. The van der Waals surface area contributed by atoms with E-state index < -0.39 is 12.0 Å². The van der Waals surface area contributed by atoms with Gasteiger partial charge in [-0.15, -0.1) is 0 Å². The third-order valence-corrected chi connectivity index (χ3v) is 3.29. The fourth-order valence-electron chi connectivity index (χ4n) is 2.20. The summed E-state index contributed by atoms with van der Waals surface area (Å²) in [6, 6.07) is -0.780. The van der Waals surface area contributed by atoms with Crippen LogP contribution in [0.25, 0.3) is 0 Å². The lowest BCUT2D eigenvalue weighted by molar-refractivity contribution is -0.138. The Morgan fingerprint density at radius 2 is 2.07 bits per heavy atom. The zero-order valence-corrected chi connectivity index (χ0v) is 9.46. The van der Waals surface area contributed by atoms with E-state index in [2.05, 4.69) is 12.2 Å². The maximum Gasteiger partial charge on any atom is 0.321 e. The summed E-state index contributed by atoms with van der Waals surface area (Å²) >= 11 is 0. The first kappa shape index (κ1) is 12.5. The van der Waals surface area contributed by atoms with Crippen LogP contribution in [-0.4, -0.2) is 30.2 Å². The molecule has 15 heavy (non-hydrogen) atoms. The van der Waals surface area contributed by atoms with E-state index in [0.717, 1.165) is 6.54 Å². The Morgan fingerprint density at radius 1 is 1.47 bits per heavy atom. The number of nitrogens with one attached hydrogen (secondary N) is 1. The quantitative estimate of drug-likeness (QED) is 0.637. The van der Waals surface area contributed by atoms with Gasteiger partial charge in [-0.2, -0.15) is 0 Å². The van der Waals surface area contributed by atoms with Crippen LogP contribution in [0.1, 0.15) is 39.0 Å². The van der Waals surface area contributed by atoms with Crippen LogP contribution in [0, 0.1) is 5.41 Å². The molecule has 88 valence electrons. The molecule has 0 heterocycles. The number of carbonyl (C=O) groups is 1. The van der Waals surface area contributed by atoms with Gasteiger partial charge in [-0.25, -0.2) is 0 Å². The van der Waals surface area contributed by atoms with E-state index in [4.69, 9.17) is 10.8 Å². The minimum atomic E-state index is -0.934. The predicted molar refractivity (Wildman–Crippen MR) is 59.7 cm³/mol. The molecule has 0 amide bonds. The molecular formula is C11H22N2O2. The largest absolute Gasteiger partial charge is 0.480 e. The third kappa shape index (κ3) is 4.18. The number of hydrogen-bond donors (Lipinski definition) is 3. The molecule has 1 aliphatic carbocycles. The summed E-state index contributed by atoms with van der Waals surface area (Å²) in [6.45, 7) is 3.52. The van der Waals surface area contributed by atoms with Crippen LogP contribution in [-0.2, 0) is 4.79 Å². The Bertz CT molecular complexity index is 213. The van der Waals surface area contributed by atoms with Gasteiger partial charge >= 0.3 is 5.97 Å². The van der Waals surface area contributed by atoms with E-state index in [1.165, 1.54) is 32.1 Å². The molecule has 0 aliphatic heterocycles. The van der Waals surface area contributed by atoms with Crippen LogP contribution in [0.4, 0.5) is 0 Å². The van der Waals surface area contributed by atoms with E-state index >= 15 is 0 Å². The normalized spacial score (nSPS) is 22.3. The van der Waals surface area contributed by atoms with Crippen molar-refractivity contribution < 1.29 is 9.90 Å². The molecule has 4 heteroatoms. The first-order valence-electron chi connectivity index (χ1n) is 5.73. The van der Waals surface area contributed by atoms with E-state index in [1.54, 1.807) is 0 Å². The van der Waals surface area contributed by atoms with E-state index in [9.17, 15) is 4.79 Å². The van der Waals surface area contributed by atoms with Crippen molar-refractivity contribution in [2.24, 2.45) is 11.1 Å². The molecule has 1 unspecified atom stereocenters. The van der Waals surface area contributed by atoms with Crippen LogP contribution >= 0.6 is 0 Å². The van der Waals surface area contributed by atoms with Crippen molar-refractivity contribution in [1.29, 1.82) is 0 Å². The molecule has 0 aromatic heterocycles. The molecule has 0 radical (unpaired) electrons. The molecule has 0 saturated heterocycles. The van der Waals surface area contributed by atoms with Crippen molar-refractivity contribution in [2.75, 3.05) is 13.1 Å². The monoisotopic (exact) mass is 214 g/mol. The van der Waals surface area contributed by atoms with Gasteiger partial charge in [0.2, 0.25) is 0 Å². The number of carboxylic acid groups (broad SMARTS) is 1. The highest BCUT2D eigenvalue weighted by atomic mass is 16.4. The summed E-state index contributed by atoms with van der Waals surface area (Å²) in [5, 5.41) is 11.8. The molecule has 1 atom stereocenters. The fraction of sp³-hybridized carbons (Fsp3) is 0.909. The van der Waals surface area contributed by atoms with Crippen LogP contribution in [0.15, 0.2) is 0 Å². The predicted octanol–water partition coefficient (Wildman–Crippen LogP) is 0.958. The number of nitrogens with two attached hydrogens (primary N) is 1. The Balaban J connectivity index is 2.21. The third-order valence-electron chi connectivity index (χ3n) is 3.29. The van der Waals surface area contributed by atoms with E-state index in [-0.39, 0.29) is 0 Å². The molecule has 1 aliphatic rings. The average molecular weight is 214 g/mol. The van der Waals surface area contributed by atoms with Crippen molar-refractivity contribution in [1.82, 2.24) is 5.32 Å². The molecule has 0 aromatic carbocycles. The number of hydrogen-bond acceptors (Lipinski definition) is 3. The Kier molecular flexibility index (Phi) is 4.54. The minimum absolute atomic E-state index is 0.344. The van der Waals surface area contributed by atoms with Gasteiger partial charge in [0.05, 0.1) is 0 Å². The number of rotatable bonds is 5. The van der Waals surface area contributed by atoms with Crippen molar-refractivity contribution in [2.45, 2.75) is 45.1 Å². The molecule has 1 saturated carbocycles. The Hall–Kier alpha value is -0.610. The van der Waals surface area contributed by atoms with Crippen molar-refractivity contribution in [3.8, 4) is 0 Å². The molecule has 0 bridgehead atoms. The molecule has 4 nitrogen and oxygen atoms in total. The molecular weight excluding hydrogens is 192 g/mol. The van der Waals surface area contributed by atoms with Gasteiger partial charge in [0.1, 0.15) is 6.04 Å². The molecule has 1 fully saturated rings. The van der Waals surface area contributed by atoms with Gasteiger partial charge in [0.25, 0.3) is 0 Å². The van der Waals surface area contributed by atoms with Gasteiger partial charge in [0, 0.05) is 13.1 Å². The smallest absolute Gasteiger partial charge is 0.321 e. The molecule has 1 rings (SSSR count). The summed E-state index contributed by atoms with van der Waals surface area (Å²) in [5.74, 6) is -0.934. The Morgan fingerprint density at radius 3 is 2.60 bits per heavy atom. The summed E-state index contributed by atoms with van der Waals surface area (Å²) in [6.07, 6.45) is 6.40. The topological polar surface area (TPSA) is 75.3 Å². The van der Waals surface area contributed by atoms with Crippen LogP contribution in [0.5, 0.6) is 0 Å². The molecule has 4 N–H and O–H groups in total. The van der Waals surface area contributed by atoms with Gasteiger partial charge < -0.3 is 16.2 Å². The van der Waals surface area contributed by atoms with Gasteiger partial charge in [-0.3, -0.25) is 4.79 Å². The standard InChI is InChI=1S/C11H22N2O2/c1-11(5-3-2-4-6-11)8-13-7-9(12)10(14)15/h9,13H,2-8,12H2,1H3,(H,14,15). The first-order valence-corrected chi connectivity index (χ1v) is 5.73. The van der Waals surface area contributed by atoms with Gasteiger partial charge in [-0.05, 0) is 18.3 Å². The maximum atomic E-state index is 10.5. The minimum Gasteiger partial charge on any atom is -0.480 e. The highest BCUT2D eigenvalue weighted by Crippen LogP contribution is 2.34. The van der Waals surface area contributed by atoms with Crippen molar-refractivity contribution in [3.05, 3.63) is 0 Å². The lowest BCUT2D eigenvalue weighted by Gasteiger charge is -2.34. The maximum absolute atomic E-state index is 10.5. The lowest BCUT2D eigenvalue weighted by Crippen LogP contribution is -2.43. The summed E-state index contributed by atoms with van der Waals surface area (Å²) in [5.41, 5.74) is 5.76. The Labute approximate surface area is 91.2 Å². The van der Waals surface area contributed by atoms with Gasteiger partial charge in [-0.1, -0.05) is 26.2 Å². The lowest BCUT2D eigenvalue weighted by atomic mass is 9.76. The second-order valence-corrected chi connectivity index (χ2v) is 4.95. The molecule has 0 aromatic rings. The number of aliphatic carboxylic acids is 1. The van der Waals surface area contributed by atoms with Crippen LogP contribution < -0.4 is 11.1 Å². The highest BCUT2D eigenvalue weighted by Gasteiger charge is 2.26. The first-order chi connectivity index (χ1) is 7.03. The summed E-state index contributed by atoms with van der Waals surface area (Å²) in [7, 11) is 0. The highest BCUT2D eigenvalue weighted by molar-refractivity contribution is 5.73. The second kappa shape index (κ2) is 5.47. The zero-order chi connectivity index (χ0) is 11.3. The van der Waals surface area contributed by atoms with Crippen molar-refractivity contribution >= 4 is 5.97 Å². The number of carboxylic acids is 1. The molecule has 0 spiro atoms. The summed E-state index contributed by atoms with van der Waals surface area (Å²) < 4.78 is 0. The fourth-order valence-corrected chi connectivity index (χ4v) is 2.20. The van der Waals surface area contributed by atoms with Crippen LogP contribution in [0.2, 0.25) is 0 Å².